The second-order valence-electron chi connectivity index (χ2n) is 3.47. The molecule has 0 saturated carbocycles. The number of nitrogens with zero attached hydrogens (tertiary/aromatic N) is 1. The number of quaternary nitrogens is 1. The van der Waals surface area contributed by atoms with Crippen LogP contribution in [0.1, 0.15) is 28.6 Å². The van der Waals surface area contributed by atoms with Gasteiger partial charge in [0.1, 0.15) is 0 Å². The lowest BCUT2D eigenvalue weighted by Gasteiger charge is -2.31. The van der Waals surface area contributed by atoms with Crippen LogP contribution in [0.3, 0.4) is 0 Å². The Morgan fingerprint density at radius 2 is 1.29 bits per heavy atom. The molecule has 0 N–H and O–H groups in total. The van der Waals surface area contributed by atoms with E-state index < -0.39 is 7.25 Å². The van der Waals surface area contributed by atoms with E-state index in [2.05, 4.69) is 27.8 Å². The lowest BCUT2D eigenvalue weighted by atomic mass is 10.3. The summed E-state index contributed by atoms with van der Waals surface area (Å²) in [6, 6.07) is 0. The molecule has 0 atom stereocenters. The first kappa shape index (κ1) is 16.2. The van der Waals surface area contributed by atoms with Crippen LogP contribution in [-0.4, -0.2) is 38.4 Å². The van der Waals surface area contributed by atoms with Crippen LogP contribution in [0, 0.1) is 0 Å². The van der Waals surface area contributed by atoms with Crippen molar-refractivity contribution in [1.29, 1.82) is 0 Å². The molecule has 0 aromatic carbocycles. The van der Waals surface area contributed by atoms with Crippen molar-refractivity contribution in [2.45, 2.75) is 27.2 Å². The molecule has 0 aliphatic heterocycles. The van der Waals surface area contributed by atoms with Crippen LogP contribution >= 0.6 is 0 Å². The van der Waals surface area contributed by atoms with Crippen molar-refractivity contribution >= 4 is 7.25 Å². The van der Waals surface area contributed by atoms with Gasteiger partial charge in [0.25, 0.3) is 0 Å². The summed E-state index contributed by atoms with van der Waals surface area (Å²) < 4.78 is 40.2. The maximum absolute atomic E-state index is 9.75. The summed E-state index contributed by atoms with van der Waals surface area (Å²) in [6.45, 7) is 10.6. The van der Waals surface area contributed by atoms with E-state index in [1.165, 1.54) is 30.5 Å². The lowest BCUT2D eigenvalue weighted by molar-refractivity contribution is -0.906. The van der Waals surface area contributed by atoms with Crippen molar-refractivity contribution in [2.75, 3.05) is 26.7 Å². The fraction of sp³-hybridized carbons (Fsp3) is 1.00. The van der Waals surface area contributed by atoms with E-state index in [0.29, 0.717) is 0 Å². The van der Waals surface area contributed by atoms with Gasteiger partial charge in [-0.15, -0.1) is 0 Å². The van der Waals surface area contributed by atoms with Gasteiger partial charge in [-0.25, -0.2) is 0 Å². The molecule has 0 aliphatic carbocycles. The Kier molecular flexibility index (Phi) is 8.20. The highest BCUT2D eigenvalue weighted by Gasteiger charge is 2.20. The van der Waals surface area contributed by atoms with Gasteiger partial charge in [0.05, 0.1) is 26.7 Å². The molecule has 0 aromatic rings. The minimum atomic E-state index is -6.00. The van der Waals surface area contributed by atoms with Crippen LogP contribution in [0.5, 0.6) is 0 Å². The topological polar surface area (TPSA) is 0 Å². The molecular weight excluding hydrogens is 197 g/mol. The van der Waals surface area contributed by atoms with Crippen molar-refractivity contribution in [3.63, 3.8) is 0 Å². The first-order valence-electron chi connectivity index (χ1n) is 4.89. The van der Waals surface area contributed by atoms with E-state index in [1.54, 1.807) is 0 Å². The Morgan fingerprint density at radius 3 is 1.36 bits per heavy atom. The minimum Gasteiger partial charge on any atom is -0.418 e. The van der Waals surface area contributed by atoms with Gasteiger partial charge in [0.15, 0.2) is 0 Å². The Labute approximate surface area is 85.3 Å². The van der Waals surface area contributed by atoms with E-state index >= 15 is 0 Å². The molecule has 0 bridgehead atoms. The van der Waals surface area contributed by atoms with Gasteiger partial charge in [-0.2, -0.15) is 0 Å². The first-order valence-corrected chi connectivity index (χ1v) is 4.89. The molecule has 1 nitrogen and oxygen atoms in total. The van der Waals surface area contributed by atoms with E-state index in [4.69, 9.17) is 0 Å². The van der Waals surface area contributed by atoms with E-state index in [9.17, 15) is 17.3 Å². The Balaban J connectivity index is -0.000000208. The molecule has 0 spiro atoms. The number of halogens is 4. The molecule has 14 heavy (non-hydrogen) atoms. The maximum atomic E-state index is 9.75. The predicted molar refractivity (Wildman–Crippen MR) is 53.7 cm³/mol. The van der Waals surface area contributed by atoms with E-state index in [0.717, 1.165) is 0 Å². The van der Waals surface area contributed by atoms with Crippen LogP contribution in [0.2, 0.25) is 0 Å². The van der Waals surface area contributed by atoms with E-state index in [-0.39, 0.29) is 1.43 Å². The summed E-state index contributed by atoms with van der Waals surface area (Å²) in [4.78, 5) is 0. The fourth-order valence-electron chi connectivity index (χ4n) is 1.08. The normalized spacial score (nSPS) is 12.0. The molecule has 6 heteroatoms. The standard InChI is InChI=1S/C8H20N.BF4/c1-5-8-9(4,6-2)7-3;2-1(3,4)5/h5-8H2,1-4H3;/q+1;-1/p+1. The van der Waals surface area contributed by atoms with E-state index in [1.807, 2.05) is 0 Å². The third-order valence-electron chi connectivity index (χ3n) is 2.29. The summed E-state index contributed by atoms with van der Waals surface area (Å²) in [7, 11) is -3.68. The highest BCUT2D eigenvalue weighted by molar-refractivity contribution is 6.50. The smallest absolute Gasteiger partial charge is 0.418 e. The van der Waals surface area contributed by atoms with Gasteiger partial charge >= 0.3 is 8.68 Å². The van der Waals surface area contributed by atoms with Crippen molar-refractivity contribution in [2.24, 2.45) is 0 Å². The molecule has 0 amide bonds. The Bertz CT molecular complexity index is 133. The van der Waals surface area contributed by atoms with Gasteiger partial charge in [-0.05, 0) is 20.3 Å². The third kappa shape index (κ3) is 14.3. The van der Waals surface area contributed by atoms with Crippen molar-refractivity contribution in [3.05, 3.63) is 0 Å². The molecule has 0 heterocycles. The molecule has 0 fully saturated rings. The van der Waals surface area contributed by atoms with Crippen molar-refractivity contribution in [1.82, 2.24) is 0 Å². The van der Waals surface area contributed by atoms with Gasteiger partial charge in [0, 0.05) is 0 Å². The zero-order chi connectivity index (χ0) is 11.8. The van der Waals surface area contributed by atoms with Crippen molar-refractivity contribution < 1.29 is 23.2 Å². The van der Waals surface area contributed by atoms with Crippen LogP contribution in [0.4, 0.5) is 17.3 Å². The average molecular weight is 218 g/mol. The molecule has 0 aliphatic rings. The highest BCUT2D eigenvalue weighted by atomic mass is 19.5. The number of hydrogen-bond acceptors (Lipinski definition) is 0. The van der Waals surface area contributed by atoms with Crippen LogP contribution < -0.4 is 0 Å². The predicted octanol–water partition coefficient (Wildman–Crippen LogP) is 3.30. The van der Waals surface area contributed by atoms with Gasteiger partial charge in [0.2, 0.25) is 0 Å². The quantitative estimate of drug-likeness (QED) is 0.385. The summed E-state index contributed by atoms with van der Waals surface area (Å²) in [6.07, 6.45) is 1.30. The third-order valence-corrected chi connectivity index (χ3v) is 2.29. The molecule has 0 unspecified atom stereocenters. The zero-order valence-electron chi connectivity index (χ0n) is 10.4. The monoisotopic (exact) mass is 218 g/mol. The van der Waals surface area contributed by atoms with Crippen LogP contribution in [-0.2, 0) is 0 Å². The van der Waals surface area contributed by atoms with Gasteiger partial charge < -0.3 is 21.7 Å². The van der Waals surface area contributed by atoms with Crippen molar-refractivity contribution in [3.8, 4) is 0 Å². The second-order valence-corrected chi connectivity index (χ2v) is 3.47. The molecular formula is C8H21BF4N+. The summed E-state index contributed by atoms with van der Waals surface area (Å²) in [5, 5.41) is 0. The Morgan fingerprint density at radius 1 is 1.00 bits per heavy atom. The zero-order valence-corrected chi connectivity index (χ0v) is 9.36. The molecule has 0 radical (unpaired) electrons. The Hall–Kier alpha value is -0.255. The van der Waals surface area contributed by atoms with Gasteiger partial charge in [-0.3, -0.25) is 0 Å². The van der Waals surface area contributed by atoms with Crippen LogP contribution in [0.25, 0.3) is 0 Å². The molecule has 88 valence electrons. The fourth-order valence-corrected chi connectivity index (χ4v) is 1.08. The molecule has 0 rings (SSSR count). The van der Waals surface area contributed by atoms with Crippen LogP contribution in [0.15, 0.2) is 0 Å². The summed E-state index contributed by atoms with van der Waals surface area (Å²) >= 11 is 0. The van der Waals surface area contributed by atoms with Gasteiger partial charge in [-0.1, -0.05) is 6.92 Å². The maximum Gasteiger partial charge on any atom is 1.00 e. The lowest BCUT2D eigenvalue weighted by Crippen LogP contribution is -2.43. The number of hydrogen-bond donors (Lipinski definition) is 0. The minimum absolute atomic E-state index is 0. The highest BCUT2D eigenvalue weighted by Crippen LogP contribution is 2.06. The first-order chi connectivity index (χ1) is 6.18. The molecule has 0 saturated heterocycles. The average Bonchev–Trinajstić information content (AvgIpc) is 2.02. The second kappa shape index (κ2) is 7.09. The number of rotatable bonds is 4. The summed E-state index contributed by atoms with van der Waals surface area (Å²) in [5.74, 6) is 0. The SMILES string of the molecule is CCC[N+](C)(CC)CC.F[B-](F)(F)F.[H+]. The largest absolute Gasteiger partial charge is 1.00 e. The molecule has 0 aromatic heterocycles. The summed E-state index contributed by atoms with van der Waals surface area (Å²) in [5.41, 5.74) is 0.